The van der Waals surface area contributed by atoms with Crippen molar-refractivity contribution in [3.8, 4) is 11.1 Å². The summed E-state index contributed by atoms with van der Waals surface area (Å²) in [7, 11) is 0. The first kappa shape index (κ1) is 11.5. The summed E-state index contributed by atoms with van der Waals surface area (Å²) in [5, 5.41) is 2.61. The lowest BCUT2D eigenvalue weighted by molar-refractivity contribution is 0.661. The minimum Gasteiger partial charge on any atom is -0.399 e. The fourth-order valence-electron chi connectivity index (χ4n) is 3.54. The van der Waals surface area contributed by atoms with Gasteiger partial charge in [0, 0.05) is 11.1 Å². The number of nitrogen functional groups attached to an aromatic ring is 1. The van der Waals surface area contributed by atoms with E-state index >= 15 is 0 Å². The van der Waals surface area contributed by atoms with E-state index in [1.165, 1.54) is 33.0 Å². The van der Waals surface area contributed by atoms with Crippen LogP contribution < -0.4 is 5.73 Å². The van der Waals surface area contributed by atoms with Gasteiger partial charge >= 0.3 is 0 Å². The molecule has 0 fully saturated rings. The molecule has 3 aromatic carbocycles. The third-order valence-corrected chi connectivity index (χ3v) is 4.59. The van der Waals surface area contributed by atoms with Crippen LogP contribution in [0.25, 0.3) is 21.9 Å². The van der Waals surface area contributed by atoms with Gasteiger partial charge in [-0.2, -0.15) is 0 Å². The van der Waals surface area contributed by atoms with E-state index in [0.29, 0.717) is 0 Å². The molecule has 98 valence electrons. The lowest BCUT2D eigenvalue weighted by atomic mass is 9.82. The zero-order valence-corrected chi connectivity index (χ0v) is 11.8. The maximum Gasteiger partial charge on any atom is 0.0320 e. The van der Waals surface area contributed by atoms with E-state index in [1.807, 2.05) is 6.07 Å². The molecule has 0 saturated carbocycles. The van der Waals surface area contributed by atoms with E-state index < -0.39 is 0 Å². The second-order valence-corrected chi connectivity index (χ2v) is 6.14. The van der Waals surface area contributed by atoms with Crippen molar-refractivity contribution in [3.05, 3.63) is 65.7 Å². The number of nitrogens with two attached hydrogens (primary N) is 1. The SMILES string of the molecule is CC1(C)c2ccc(N)cc2-c2c1ccc1ccccc21. The van der Waals surface area contributed by atoms with E-state index in [1.54, 1.807) is 0 Å². The molecule has 0 atom stereocenters. The molecule has 0 spiro atoms. The van der Waals surface area contributed by atoms with Crippen LogP contribution in [0.4, 0.5) is 5.69 Å². The summed E-state index contributed by atoms with van der Waals surface area (Å²) >= 11 is 0. The Morgan fingerprint density at radius 3 is 2.45 bits per heavy atom. The van der Waals surface area contributed by atoms with Gasteiger partial charge in [0.25, 0.3) is 0 Å². The highest BCUT2D eigenvalue weighted by Crippen LogP contribution is 2.51. The van der Waals surface area contributed by atoms with Gasteiger partial charge < -0.3 is 5.73 Å². The molecule has 1 aliphatic rings. The molecule has 3 aromatic rings. The number of anilines is 1. The second kappa shape index (κ2) is 3.63. The zero-order chi connectivity index (χ0) is 13.9. The molecule has 0 amide bonds. The highest BCUT2D eigenvalue weighted by atomic mass is 14.5. The first-order valence-electron chi connectivity index (χ1n) is 7.01. The fraction of sp³-hybridized carbons (Fsp3) is 0.158. The van der Waals surface area contributed by atoms with E-state index in [9.17, 15) is 0 Å². The highest BCUT2D eigenvalue weighted by Gasteiger charge is 2.36. The molecule has 0 aliphatic heterocycles. The van der Waals surface area contributed by atoms with Crippen molar-refractivity contribution >= 4 is 16.5 Å². The fourth-order valence-corrected chi connectivity index (χ4v) is 3.54. The first-order chi connectivity index (χ1) is 9.59. The minimum absolute atomic E-state index is 0.0440. The average molecular weight is 259 g/mol. The van der Waals surface area contributed by atoms with E-state index in [0.717, 1.165) is 5.69 Å². The Morgan fingerprint density at radius 2 is 1.60 bits per heavy atom. The van der Waals surface area contributed by atoms with Crippen LogP contribution in [-0.4, -0.2) is 0 Å². The van der Waals surface area contributed by atoms with Gasteiger partial charge in [-0.15, -0.1) is 0 Å². The summed E-state index contributed by atoms with van der Waals surface area (Å²) in [6.07, 6.45) is 0. The predicted molar refractivity (Wildman–Crippen MR) is 85.9 cm³/mol. The van der Waals surface area contributed by atoms with Crippen molar-refractivity contribution in [2.45, 2.75) is 19.3 Å². The van der Waals surface area contributed by atoms with Gasteiger partial charge in [-0.25, -0.2) is 0 Å². The molecule has 20 heavy (non-hydrogen) atoms. The van der Waals surface area contributed by atoms with Crippen LogP contribution in [0.1, 0.15) is 25.0 Å². The van der Waals surface area contributed by atoms with Crippen molar-refractivity contribution in [3.63, 3.8) is 0 Å². The van der Waals surface area contributed by atoms with Crippen LogP contribution in [-0.2, 0) is 5.41 Å². The standard InChI is InChI=1S/C19H17N/c1-19(2)16-10-8-13(20)11-15(16)18-14-6-4-3-5-12(14)7-9-17(18)19/h3-11H,20H2,1-2H3. The van der Waals surface area contributed by atoms with Crippen LogP contribution in [0.2, 0.25) is 0 Å². The number of rotatable bonds is 0. The lowest BCUT2D eigenvalue weighted by Crippen LogP contribution is -2.14. The van der Waals surface area contributed by atoms with Crippen LogP contribution in [0.3, 0.4) is 0 Å². The Bertz CT molecular complexity index is 844. The monoisotopic (exact) mass is 259 g/mol. The second-order valence-electron chi connectivity index (χ2n) is 6.14. The minimum atomic E-state index is 0.0440. The molecule has 0 heterocycles. The quantitative estimate of drug-likeness (QED) is 0.580. The Kier molecular flexibility index (Phi) is 2.10. The Hall–Kier alpha value is -2.28. The molecule has 1 aliphatic carbocycles. The van der Waals surface area contributed by atoms with E-state index in [2.05, 4.69) is 62.4 Å². The van der Waals surface area contributed by atoms with E-state index in [4.69, 9.17) is 5.73 Å². The first-order valence-corrected chi connectivity index (χ1v) is 7.01. The van der Waals surface area contributed by atoms with Crippen molar-refractivity contribution in [2.75, 3.05) is 5.73 Å². The Balaban J connectivity index is 2.21. The van der Waals surface area contributed by atoms with Crippen LogP contribution in [0, 0.1) is 0 Å². The summed E-state index contributed by atoms with van der Waals surface area (Å²) in [5.74, 6) is 0. The molecule has 1 nitrogen and oxygen atoms in total. The molecule has 2 N–H and O–H groups in total. The molecule has 4 rings (SSSR count). The lowest BCUT2D eigenvalue weighted by Gasteiger charge is -2.21. The predicted octanol–water partition coefficient (Wildman–Crippen LogP) is 4.73. The van der Waals surface area contributed by atoms with Gasteiger partial charge in [0.1, 0.15) is 0 Å². The number of hydrogen-bond donors (Lipinski definition) is 1. The summed E-state index contributed by atoms with van der Waals surface area (Å²) in [6, 6.07) is 19.4. The number of hydrogen-bond acceptors (Lipinski definition) is 1. The summed E-state index contributed by atoms with van der Waals surface area (Å²) in [5.41, 5.74) is 12.3. The molecule has 0 aromatic heterocycles. The summed E-state index contributed by atoms with van der Waals surface area (Å²) in [6.45, 7) is 4.59. The Morgan fingerprint density at radius 1 is 0.850 bits per heavy atom. The maximum absolute atomic E-state index is 6.02. The van der Waals surface area contributed by atoms with Gasteiger partial charge in [-0.3, -0.25) is 0 Å². The molecule has 0 unspecified atom stereocenters. The molecule has 1 heteroatoms. The van der Waals surface area contributed by atoms with Crippen LogP contribution in [0.15, 0.2) is 54.6 Å². The normalized spacial score (nSPS) is 15.1. The summed E-state index contributed by atoms with van der Waals surface area (Å²) < 4.78 is 0. The third-order valence-electron chi connectivity index (χ3n) is 4.59. The number of benzene rings is 3. The number of fused-ring (bicyclic) bond motifs is 5. The van der Waals surface area contributed by atoms with Crippen molar-refractivity contribution in [1.82, 2.24) is 0 Å². The van der Waals surface area contributed by atoms with Gasteiger partial charge in [0.05, 0.1) is 0 Å². The van der Waals surface area contributed by atoms with E-state index in [-0.39, 0.29) is 5.41 Å². The third kappa shape index (κ3) is 1.32. The van der Waals surface area contributed by atoms with Crippen molar-refractivity contribution in [2.24, 2.45) is 0 Å². The van der Waals surface area contributed by atoms with Crippen LogP contribution in [0.5, 0.6) is 0 Å². The van der Waals surface area contributed by atoms with Gasteiger partial charge in [-0.1, -0.05) is 56.3 Å². The molecule has 0 bridgehead atoms. The van der Waals surface area contributed by atoms with Gasteiger partial charge in [-0.05, 0) is 45.2 Å². The average Bonchev–Trinajstić information content (AvgIpc) is 2.67. The Labute approximate surface area is 119 Å². The van der Waals surface area contributed by atoms with Crippen LogP contribution >= 0.6 is 0 Å². The highest BCUT2D eigenvalue weighted by molar-refractivity contribution is 6.02. The molecule has 0 saturated heterocycles. The maximum atomic E-state index is 6.02. The van der Waals surface area contributed by atoms with Crippen molar-refractivity contribution in [1.29, 1.82) is 0 Å². The smallest absolute Gasteiger partial charge is 0.0320 e. The summed E-state index contributed by atoms with van der Waals surface area (Å²) in [4.78, 5) is 0. The molecular formula is C19H17N. The molecule has 0 radical (unpaired) electrons. The largest absolute Gasteiger partial charge is 0.399 e. The topological polar surface area (TPSA) is 26.0 Å². The van der Waals surface area contributed by atoms with Gasteiger partial charge in [0.2, 0.25) is 0 Å². The van der Waals surface area contributed by atoms with Crippen molar-refractivity contribution < 1.29 is 0 Å². The zero-order valence-electron chi connectivity index (χ0n) is 11.8. The molecular weight excluding hydrogens is 242 g/mol. The van der Waals surface area contributed by atoms with Gasteiger partial charge in [0.15, 0.2) is 0 Å².